The Morgan fingerprint density at radius 3 is 2.26 bits per heavy atom. The zero-order chi connectivity index (χ0) is 13.8. The highest BCUT2D eigenvalue weighted by atomic mass is 79.9. The van der Waals surface area contributed by atoms with E-state index in [1.54, 1.807) is 20.1 Å². The summed E-state index contributed by atoms with van der Waals surface area (Å²) in [5, 5.41) is 9.87. The highest BCUT2D eigenvalue weighted by Gasteiger charge is 2.15. The molecule has 4 heteroatoms. The third-order valence-electron chi connectivity index (χ3n) is 2.71. The van der Waals surface area contributed by atoms with E-state index in [1.165, 1.54) is 0 Å². The molecule has 19 heavy (non-hydrogen) atoms. The predicted molar refractivity (Wildman–Crippen MR) is 77.8 cm³/mol. The van der Waals surface area contributed by atoms with E-state index >= 15 is 0 Å². The molecular weight excluding hydrogens is 308 g/mol. The summed E-state index contributed by atoms with van der Waals surface area (Å²) in [6.07, 6.45) is -0.665. The standard InChI is InChI=1S/C15H15BrO3/c1-10(17)15-13(18-2)4-3-5-14(15)19-12-8-6-11(16)7-9-12/h3-10,17H,1-2H3. The minimum atomic E-state index is -0.665. The van der Waals surface area contributed by atoms with Crippen LogP contribution in [0.15, 0.2) is 46.9 Å². The molecule has 0 aromatic heterocycles. The van der Waals surface area contributed by atoms with Gasteiger partial charge in [-0.1, -0.05) is 22.0 Å². The average Bonchev–Trinajstić information content (AvgIpc) is 2.40. The molecule has 1 atom stereocenters. The lowest BCUT2D eigenvalue weighted by molar-refractivity contribution is 0.190. The maximum atomic E-state index is 9.87. The molecule has 3 nitrogen and oxygen atoms in total. The van der Waals surface area contributed by atoms with Gasteiger partial charge in [0.25, 0.3) is 0 Å². The highest BCUT2D eigenvalue weighted by Crippen LogP contribution is 2.36. The van der Waals surface area contributed by atoms with Crippen LogP contribution in [0.4, 0.5) is 0 Å². The van der Waals surface area contributed by atoms with E-state index in [4.69, 9.17) is 9.47 Å². The zero-order valence-corrected chi connectivity index (χ0v) is 12.3. The van der Waals surface area contributed by atoms with Crippen LogP contribution < -0.4 is 9.47 Å². The smallest absolute Gasteiger partial charge is 0.136 e. The number of methoxy groups -OCH3 is 1. The van der Waals surface area contributed by atoms with Gasteiger partial charge in [0.15, 0.2) is 0 Å². The van der Waals surface area contributed by atoms with E-state index in [0.29, 0.717) is 22.8 Å². The molecule has 2 rings (SSSR count). The van der Waals surface area contributed by atoms with Crippen LogP contribution in [0.2, 0.25) is 0 Å². The fourth-order valence-electron chi connectivity index (χ4n) is 1.83. The lowest BCUT2D eigenvalue weighted by atomic mass is 10.1. The molecule has 100 valence electrons. The van der Waals surface area contributed by atoms with Gasteiger partial charge in [-0.2, -0.15) is 0 Å². The van der Waals surface area contributed by atoms with E-state index < -0.39 is 6.10 Å². The Morgan fingerprint density at radius 1 is 1.05 bits per heavy atom. The molecule has 0 heterocycles. The van der Waals surface area contributed by atoms with Crippen molar-refractivity contribution in [2.24, 2.45) is 0 Å². The number of aliphatic hydroxyl groups is 1. The SMILES string of the molecule is COc1cccc(Oc2ccc(Br)cc2)c1C(C)O. The monoisotopic (exact) mass is 322 g/mol. The fourth-order valence-corrected chi connectivity index (χ4v) is 2.10. The van der Waals surface area contributed by atoms with Crippen LogP contribution in [0.1, 0.15) is 18.6 Å². The van der Waals surface area contributed by atoms with Crippen LogP contribution in [0.3, 0.4) is 0 Å². The number of halogens is 1. The van der Waals surface area contributed by atoms with Crippen molar-refractivity contribution in [3.8, 4) is 17.2 Å². The van der Waals surface area contributed by atoms with Crippen molar-refractivity contribution in [2.75, 3.05) is 7.11 Å². The Balaban J connectivity index is 2.36. The first-order chi connectivity index (χ1) is 9.11. The Labute approximate surface area is 120 Å². The van der Waals surface area contributed by atoms with Crippen LogP contribution in [-0.4, -0.2) is 12.2 Å². The molecule has 0 aliphatic carbocycles. The van der Waals surface area contributed by atoms with E-state index in [1.807, 2.05) is 36.4 Å². The number of rotatable bonds is 4. The van der Waals surface area contributed by atoms with Gasteiger partial charge in [-0.3, -0.25) is 0 Å². The predicted octanol–water partition coefficient (Wildman–Crippen LogP) is 4.30. The molecule has 1 unspecified atom stereocenters. The number of benzene rings is 2. The lowest BCUT2D eigenvalue weighted by Gasteiger charge is -2.16. The third-order valence-corrected chi connectivity index (χ3v) is 3.23. The molecule has 0 aliphatic heterocycles. The summed E-state index contributed by atoms with van der Waals surface area (Å²) in [5.74, 6) is 1.92. The summed E-state index contributed by atoms with van der Waals surface area (Å²) >= 11 is 3.38. The van der Waals surface area contributed by atoms with E-state index in [0.717, 1.165) is 4.47 Å². The second-order valence-electron chi connectivity index (χ2n) is 4.10. The van der Waals surface area contributed by atoms with Crippen molar-refractivity contribution in [2.45, 2.75) is 13.0 Å². The molecule has 0 radical (unpaired) electrons. The number of hydrogen-bond acceptors (Lipinski definition) is 3. The summed E-state index contributed by atoms with van der Waals surface area (Å²) < 4.78 is 12.1. The maximum Gasteiger partial charge on any atom is 0.136 e. The van der Waals surface area contributed by atoms with Crippen LogP contribution in [-0.2, 0) is 0 Å². The van der Waals surface area contributed by atoms with Crippen LogP contribution in [0.5, 0.6) is 17.2 Å². The molecule has 0 aliphatic rings. The Morgan fingerprint density at radius 2 is 1.68 bits per heavy atom. The molecule has 0 saturated heterocycles. The summed E-state index contributed by atoms with van der Waals surface area (Å²) in [4.78, 5) is 0. The van der Waals surface area contributed by atoms with Gasteiger partial charge in [0.2, 0.25) is 0 Å². The summed E-state index contributed by atoms with van der Waals surface area (Å²) in [7, 11) is 1.57. The van der Waals surface area contributed by atoms with Gasteiger partial charge in [0.1, 0.15) is 17.2 Å². The van der Waals surface area contributed by atoms with Crippen LogP contribution >= 0.6 is 15.9 Å². The molecule has 1 N–H and O–H groups in total. The van der Waals surface area contributed by atoms with Gasteiger partial charge in [-0.25, -0.2) is 0 Å². The molecule has 2 aromatic rings. The van der Waals surface area contributed by atoms with Crippen molar-refractivity contribution in [3.63, 3.8) is 0 Å². The van der Waals surface area contributed by atoms with Crippen molar-refractivity contribution < 1.29 is 14.6 Å². The van der Waals surface area contributed by atoms with Crippen LogP contribution in [0, 0.1) is 0 Å². The Kier molecular flexibility index (Phi) is 4.45. The van der Waals surface area contributed by atoms with Crippen molar-refractivity contribution >= 4 is 15.9 Å². The average molecular weight is 323 g/mol. The summed E-state index contributed by atoms with van der Waals surface area (Å²) in [5.41, 5.74) is 0.646. The summed E-state index contributed by atoms with van der Waals surface area (Å²) in [6.45, 7) is 1.69. The Bertz CT molecular complexity index is 550. The van der Waals surface area contributed by atoms with Crippen molar-refractivity contribution in [1.82, 2.24) is 0 Å². The number of hydrogen-bond donors (Lipinski definition) is 1. The van der Waals surface area contributed by atoms with Gasteiger partial charge in [0, 0.05) is 4.47 Å². The quantitative estimate of drug-likeness (QED) is 0.911. The first-order valence-electron chi connectivity index (χ1n) is 5.90. The van der Waals surface area contributed by atoms with Gasteiger partial charge in [-0.05, 0) is 43.3 Å². The third kappa shape index (κ3) is 3.28. The molecule has 0 spiro atoms. The molecule has 0 bridgehead atoms. The first kappa shape index (κ1) is 13.9. The largest absolute Gasteiger partial charge is 0.496 e. The lowest BCUT2D eigenvalue weighted by Crippen LogP contribution is -2.00. The van der Waals surface area contributed by atoms with Crippen molar-refractivity contribution in [1.29, 1.82) is 0 Å². The minimum absolute atomic E-state index is 0.594. The first-order valence-corrected chi connectivity index (χ1v) is 6.69. The van der Waals surface area contributed by atoms with E-state index in [9.17, 15) is 5.11 Å². The maximum absolute atomic E-state index is 9.87. The normalized spacial score (nSPS) is 12.0. The molecule has 0 fully saturated rings. The van der Waals surface area contributed by atoms with Crippen LogP contribution in [0.25, 0.3) is 0 Å². The second kappa shape index (κ2) is 6.08. The molecule has 2 aromatic carbocycles. The fraction of sp³-hybridized carbons (Fsp3) is 0.200. The van der Waals surface area contributed by atoms with Crippen molar-refractivity contribution in [3.05, 3.63) is 52.5 Å². The van der Waals surface area contributed by atoms with E-state index in [2.05, 4.69) is 15.9 Å². The zero-order valence-electron chi connectivity index (χ0n) is 10.8. The number of ether oxygens (including phenoxy) is 2. The second-order valence-corrected chi connectivity index (χ2v) is 5.02. The van der Waals surface area contributed by atoms with Gasteiger partial charge in [-0.15, -0.1) is 0 Å². The molecule has 0 saturated carbocycles. The molecule has 0 amide bonds. The summed E-state index contributed by atoms with van der Waals surface area (Å²) in [6, 6.07) is 13.0. The minimum Gasteiger partial charge on any atom is -0.496 e. The van der Waals surface area contributed by atoms with Gasteiger partial charge < -0.3 is 14.6 Å². The Hall–Kier alpha value is -1.52. The highest BCUT2D eigenvalue weighted by molar-refractivity contribution is 9.10. The topological polar surface area (TPSA) is 38.7 Å². The molecular formula is C15H15BrO3. The van der Waals surface area contributed by atoms with E-state index in [-0.39, 0.29) is 0 Å². The van der Waals surface area contributed by atoms with Gasteiger partial charge in [0.05, 0.1) is 18.8 Å². The van der Waals surface area contributed by atoms with Gasteiger partial charge >= 0.3 is 0 Å². The number of aliphatic hydroxyl groups excluding tert-OH is 1.